The second-order valence-electron chi connectivity index (χ2n) is 10.4. The van der Waals surface area contributed by atoms with Crippen LogP contribution >= 0.6 is 0 Å². The molecular weight excluding hydrogens is 516 g/mol. The molecule has 2 aliphatic heterocycles. The fourth-order valence-electron chi connectivity index (χ4n) is 5.59. The van der Waals surface area contributed by atoms with Crippen LogP contribution in [0.2, 0.25) is 0 Å². The standard InChI is InChI=1S/C32H30N6O3/c1-22-29-30(36-15-8-16-37(18-17-36)32(39)24-13-14-26-27(20-24)41-21-40-26)33-28(19-23-9-4-2-5-10-23)34-31(29)38(35-22)25-11-6-3-7-12-25/h2-7,9-14,20H,8,15-19,21H2,1H3. The molecule has 4 heterocycles. The second kappa shape index (κ2) is 10.6. The van der Waals surface area contributed by atoms with E-state index in [-0.39, 0.29) is 12.7 Å². The summed E-state index contributed by atoms with van der Waals surface area (Å²) in [6, 6.07) is 25.8. The Morgan fingerprint density at radius 3 is 2.46 bits per heavy atom. The maximum atomic E-state index is 13.5. The summed E-state index contributed by atoms with van der Waals surface area (Å²) in [6.45, 7) is 4.88. The lowest BCUT2D eigenvalue weighted by Gasteiger charge is -2.24. The minimum Gasteiger partial charge on any atom is -0.454 e. The predicted molar refractivity (Wildman–Crippen MR) is 156 cm³/mol. The predicted octanol–water partition coefficient (Wildman–Crippen LogP) is 4.80. The molecule has 2 aromatic heterocycles. The summed E-state index contributed by atoms with van der Waals surface area (Å²) in [5, 5.41) is 5.84. The number of amides is 1. The molecule has 0 spiro atoms. The van der Waals surface area contributed by atoms with Gasteiger partial charge in [-0.05, 0) is 49.2 Å². The summed E-state index contributed by atoms with van der Waals surface area (Å²) in [4.78, 5) is 27.8. The number of aryl methyl sites for hydroxylation is 1. The Bertz CT molecular complexity index is 1720. The quantitative estimate of drug-likeness (QED) is 0.313. The normalized spacial score (nSPS) is 14.9. The molecule has 1 amide bonds. The summed E-state index contributed by atoms with van der Waals surface area (Å²) >= 11 is 0. The average Bonchev–Trinajstić information content (AvgIpc) is 3.52. The number of benzene rings is 3. The number of carbonyl (C=O) groups excluding carboxylic acids is 1. The molecule has 1 fully saturated rings. The molecular formula is C32H30N6O3. The Labute approximate surface area is 238 Å². The highest BCUT2D eigenvalue weighted by molar-refractivity contribution is 5.95. The molecule has 0 aliphatic carbocycles. The minimum atomic E-state index is -0.00386. The number of anilines is 1. The van der Waals surface area contributed by atoms with Crippen LogP contribution in [0.15, 0.2) is 78.9 Å². The summed E-state index contributed by atoms with van der Waals surface area (Å²) in [5.41, 5.74) is 4.39. The van der Waals surface area contributed by atoms with E-state index in [0.29, 0.717) is 43.1 Å². The van der Waals surface area contributed by atoms with Crippen molar-refractivity contribution in [3.63, 3.8) is 0 Å². The van der Waals surface area contributed by atoms with Gasteiger partial charge in [-0.3, -0.25) is 4.79 Å². The number of rotatable bonds is 5. The van der Waals surface area contributed by atoms with Crippen molar-refractivity contribution in [2.45, 2.75) is 19.8 Å². The van der Waals surface area contributed by atoms with Crippen molar-refractivity contribution in [3.05, 3.63) is 102 Å². The molecule has 0 saturated carbocycles. The van der Waals surface area contributed by atoms with Gasteiger partial charge in [0.25, 0.3) is 5.91 Å². The molecule has 0 N–H and O–H groups in total. The Morgan fingerprint density at radius 2 is 1.63 bits per heavy atom. The number of ether oxygens (including phenoxy) is 2. The minimum absolute atomic E-state index is 0.00386. The van der Waals surface area contributed by atoms with Gasteiger partial charge in [-0.15, -0.1) is 0 Å². The lowest BCUT2D eigenvalue weighted by atomic mass is 10.1. The van der Waals surface area contributed by atoms with Crippen LogP contribution < -0.4 is 14.4 Å². The molecule has 1 saturated heterocycles. The van der Waals surface area contributed by atoms with Crippen molar-refractivity contribution in [1.82, 2.24) is 24.6 Å². The Kier molecular flexibility index (Phi) is 6.47. The first-order chi connectivity index (χ1) is 20.1. The summed E-state index contributed by atoms with van der Waals surface area (Å²) in [6.07, 6.45) is 1.44. The van der Waals surface area contributed by atoms with Crippen molar-refractivity contribution < 1.29 is 14.3 Å². The van der Waals surface area contributed by atoms with Crippen LogP contribution in [0.4, 0.5) is 5.82 Å². The summed E-state index contributed by atoms with van der Waals surface area (Å²) in [7, 11) is 0. The lowest BCUT2D eigenvalue weighted by Crippen LogP contribution is -2.35. The van der Waals surface area contributed by atoms with Crippen LogP contribution in [0.25, 0.3) is 16.7 Å². The topological polar surface area (TPSA) is 85.6 Å². The number of nitrogens with zero attached hydrogens (tertiary/aromatic N) is 6. The highest BCUT2D eigenvalue weighted by Gasteiger charge is 2.26. The zero-order valence-corrected chi connectivity index (χ0v) is 22.9. The smallest absolute Gasteiger partial charge is 0.254 e. The van der Waals surface area contributed by atoms with Gasteiger partial charge in [-0.2, -0.15) is 5.10 Å². The fraction of sp³-hybridized carbons (Fsp3) is 0.250. The number of carbonyl (C=O) groups is 1. The maximum absolute atomic E-state index is 13.5. The highest BCUT2D eigenvalue weighted by Crippen LogP contribution is 2.33. The van der Waals surface area contributed by atoms with E-state index >= 15 is 0 Å². The molecule has 9 nitrogen and oxygen atoms in total. The molecule has 41 heavy (non-hydrogen) atoms. The van der Waals surface area contributed by atoms with Crippen molar-refractivity contribution in [2.75, 3.05) is 37.9 Å². The third kappa shape index (κ3) is 4.84. The monoisotopic (exact) mass is 546 g/mol. The number of para-hydroxylation sites is 1. The van der Waals surface area contributed by atoms with E-state index in [1.54, 1.807) is 12.1 Å². The zero-order chi connectivity index (χ0) is 27.8. The number of fused-ring (bicyclic) bond motifs is 2. The van der Waals surface area contributed by atoms with Crippen molar-refractivity contribution in [3.8, 4) is 17.2 Å². The lowest BCUT2D eigenvalue weighted by molar-refractivity contribution is 0.0766. The molecule has 206 valence electrons. The number of hydrogen-bond acceptors (Lipinski definition) is 7. The van der Waals surface area contributed by atoms with Crippen LogP contribution in [-0.2, 0) is 6.42 Å². The first-order valence-electron chi connectivity index (χ1n) is 13.9. The third-order valence-electron chi connectivity index (χ3n) is 7.64. The van der Waals surface area contributed by atoms with Gasteiger partial charge >= 0.3 is 0 Å². The summed E-state index contributed by atoms with van der Waals surface area (Å²) < 4.78 is 12.8. The molecule has 0 radical (unpaired) electrons. The molecule has 0 unspecified atom stereocenters. The Morgan fingerprint density at radius 1 is 0.854 bits per heavy atom. The van der Waals surface area contributed by atoms with Gasteiger partial charge in [-0.25, -0.2) is 14.6 Å². The van der Waals surface area contributed by atoms with Crippen LogP contribution in [0.3, 0.4) is 0 Å². The first-order valence-corrected chi connectivity index (χ1v) is 13.9. The van der Waals surface area contributed by atoms with Crippen LogP contribution in [0.1, 0.15) is 33.9 Å². The maximum Gasteiger partial charge on any atom is 0.254 e. The zero-order valence-electron chi connectivity index (χ0n) is 22.9. The molecule has 7 rings (SSSR count). The van der Waals surface area contributed by atoms with Gasteiger partial charge in [0.05, 0.1) is 16.8 Å². The molecule has 5 aromatic rings. The number of hydrogen-bond donors (Lipinski definition) is 0. The van der Waals surface area contributed by atoms with Gasteiger partial charge in [0.15, 0.2) is 17.1 Å². The first kappa shape index (κ1) is 25.1. The van der Waals surface area contributed by atoms with E-state index in [1.807, 2.05) is 71.1 Å². The van der Waals surface area contributed by atoms with Gasteiger partial charge < -0.3 is 19.3 Å². The van der Waals surface area contributed by atoms with Crippen molar-refractivity contribution >= 4 is 22.8 Å². The van der Waals surface area contributed by atoms with Gasteiger partial charge in [0, 0.05) is 38.2 Å². The van der Waals surface area contributed by atoms with E-state index in [4.69, 9.17) is 24.5 Å². The molecule has 3 aromatic carbocycles. The molecule has 0 atom stereocenters. The Balaban J connectivity index is 1.23. The largest absolute Gasteiger partial charge is 0.454 e. The van der Waals surface area contributed by atoms with E-state index in [0.717, 1.165) is 52.6 Å². The van der Waals surface area contributed by atoms with Gasteiger partial charge in [0.1, 0.15) is 11.6 Å². The third-order valence-corrected chi connectivity index (χ3v) is 7.64. The van der Waals surface area contributed by atoms with E-state index < -0.39 is 0 Å². The number of aromatic nitrogens is 4. The second-order valence-corrected chi connectivity index (χ2v) is 10.4. The highest BCUT2D eigenvalue weighted by atomic mass is 16.7. The van der Waals surface area contributed by atoms with Crippen LogP contribution in [-0.4, -0.2) is 63.5 Å². The average molecular weight is 547 g/mol. The van der Waals surface area contributed by atoms with Crippen LogP contribution in [0.5, 0.6) is 11.5 Å². The van der Waals surface area contributed by atoms with Crippen LogP contribution in [0, 0.1) is 6.92 Å². The molecule has 0 bridgehead atoms. The van der Waals surface area contributed by atoms with E-state index in [2.05, 4.69) is 17.0 Å². The van der Waals surface area contributed by atoms with Gasteiger partial charge in [-0.1, -0.05) is 48.5 Å². The summed E-state index contributed by atoms with van der Waals surface area (Å²) in [5.74, 6) is 2.91. The van der Waals surface area contributed by atoms with E-state index in [1.165, 1.54) is 0 Å². The van der Waals surface area contributed by atoms with Crippen molar-refractivity contribution in [1.29, 1.82) is 0 Å². The molecule has 9 heteroatoms. The Hall–Kier alpha value is -4.92. The fourth-order valence-corrected chi connectivity index (χ4v) is 5.59. The molecule has 2 aliphatic rings. The van der Waals surface area contributed by atoms with Gasteiger partial charge in [0.2, 0.25) is 6.79 Å². The van der Waals surface area contributed by atoms with E-state index in [9.17, 15) is 4.79 Å². The van der Waals surface area contributed by atoms with Crippen molar-refractivity contribution in [2.24, 2.45) is 0 Å². The SMILES string of the molecule is Cc1nn(-c2ccccc2)c2nc(Cc3ccccc3)nc(N3CCCN(C(=O)c4ccc5c(c4)OCO5)CC3)c12.